The Kier molecular flexibility index (Phi) is 8.04. The molecule has 2 rings (SSSR count). The summed E-state index contributed by atoms with van der Waals surface area (Å²) in [5.74, 6) is -0.290. The van der Waals surface area contributed by atoms with Crippen LogP contribution in [0.15, 0.2) is 29.2 Å². The van der Waals surface area contributed by atoms with Crippen molar-refractivity contribution >= 4 is 21.9 Å². The maximum Gasteiger partial charge on any atom is 0.325 e. The molecule has 8 nitrogen and oxygen atoms in total. The van der Waals surface area contributed by atoms with Crippen LogP contribution in [0.5, 0.6) is 5.75 Å². The summed E-state index contributed by atoms with van der Waals surface area (Å²) in [6, 6.07) is 6.11. The lowest BCUT2D eigenvalue weighted by molar-refractivity contribution is -0.152. The molecule has 162 valence electrons. The van der Waals surface area contributed by atoms with E-state index >= 15 is 0 Å². The molecule has 1 amide bonds. The van der Waals surface area contributed by atoms with Crippen molar-refractivity contribution in [3.63, 3.8) is 0 Å². The number of rotatable bonds is 8. The lowest BCUT2D eigenvalue weighted by atomic mass is 9.96. The molecule has 1 aliphatic heterocycles. The van der Waals surface area contributed by atoms with Crippen molar-refractivity contribution in [2.24, 2.45) is 5.92 Å². The summed E-state index contributed by atoms with van der Waals surface area (Å²) in [5, 5.41) is 0. The van der Waals surface area contributed by atoms with E-state index < -0.39 is 16.0 Å². The average molecular weight is 427 g/mol. The molecular formula is C20H30N2O6S. The monoisotopic (exact) mass is 426 g/mol. The Morgan fingerprint density at radius 2 is 1.76 bits per heavy atom. The molecule has 0 bridgehead atoms. The van der Waals surface area contributed by atoms with E-state index in [2.05, 4.69) is 0 Å². The molecule has 1 aliphatic rings. The van der Waals surface area contributed by atoms with Gasteiger partial charge in [-0.2, -0.15) is 4.31 Å². The molecular weight excluding hydrogens is 396 g/mol. The van der Waals surface area contributed by atoms with Crippen LogP contribution in [-0.4, -0.2) is 68.9 Å². The number of amides is 1. The van der Waals surface area contributed by atoms with Gasteiger partial charge in [0.1, 0.15) is 12.3 Å². The third-order valence-electron chi connectivity index (χ3n) is 5.01. The van der Waals surface area contributed by atoms with Crippen molar-refractivity contribution < 1.29 is 27.5 Å². The largest absolute Gasteiger partial charge is 0.497 e. The summed E-state index contributed by atoms with van der Waals surface area (Å²) < 4.78 is 37.1. The molecule has 0 aliphatic carbocycles. The maximum absolute atomic E-state index is 12.9. The second-order valence-electron chi connectivity index (χ2n) is 7.22. The number of hydrogen-bond donors (Lipinski definition) is 0. The fraction of sp³-hybridized carbons (Fsp3) is 0.600. The summed E-state index contributed by atoms with van der Waals surface area (Å²) in [5.41, 5.74) is 0. The predicted molar refractivity (Wildman–Crippen MR) is 108 cm³/mol. The van der Waals surface area contributed by atoms with Crippen molar-refractivity contribution in [1.82, 2.24) is 9.21 Å². The van der Waals surface area contributed by atoms with Crippen LogP contribution in [0.2, 0.25) is 0 Å². The third kappa shape index (κ3) is 5.70. The van der Waals surface area contributed by atoms with E-state index in [4.69, 9.17) is 9.47 Å². The first kappa shape index (κ1) is 23.2. The Hall–Kier alpha value is -2.13. The van der Waals surface area contributed by atoms with E-state index in [1.165, 1.54) is 28.4 Å². The first-order chi connectivity index (χ1) is 13.7. The SMILES string of the molecule is CCOC(=O)CN(C(=O)C1CCN(S(=O)(=O)c2ccc(OC)cc2)CC1)C(C)C. The average Bonchev–Trinajstić information content (AvgIpc) is 2.71. The minimum absolute atomic E-state index is 0.0886. The molecule has 0 radical (unpaired) electrons. The van der Waals surface area contributed by atoms with Gasteiger partial charge in [0.25, 0.3) is 0 Å². The smallest absolute Gasteiger partial charge is 0.325 e. The molecule has 1 fully saturated rings. The van der Waals surface area contributed by atoms with Gasteiger partial charge >= 0.3 is 5.97 Å². The van der Waals surface area contributed by atoms with Crippen LogP contribution >= 0.6 is 0 Å². The van der Waals surface area contributed by atoms with Crippen LogP contribution in [0.1, 0.15) is 33.6 Å². The van der Waals surface area contributed by atoms with Crippen LogP contribution in [-0.2, 0) is 24.3 Å². The molecule has 29 heavy (non-hydrogen) atoms. The Morgan fingerprint density at radius 1 is 1.17 bits per heavy atom. The Balaban J connectivity index is 2.02. The molecule has 1 heterocycles. The summed E-state index contributed by atoms with van der Waals surface area (Å²) in [6.45, 7) is 6.11. The molecule has 0 aromatic heterocycles. The first-order valence-corrected chi connectivity index (χ1v) is 11.2. The number of ether oxygens (including phenoxy) is 2. The van der Waals surface area contributed by atoms with Gasteiger partial charge in [0.2, 0.25) is 15.9 Å². The topological polar surface area (TPSA) is 93.2 Å². The second-order valence-corrected chi connectivity index (χ2v) is 9.16. The Bertz CT molecular complexity index is 799. The van der Waals surface area contributed by atoms with Gasteiger partial charge in [-0.25, -0.2) is 8.42 Å². The van der Waals surface area contributed by atoms with Crippen molar-refractivity contribution in [2.45, 2.75) is 44.6 Å². The van der Waals surface area contributed by atoms with Crippen molar-refractivity contribution in [3.05, 3.63) is 24.3 Å². The van der Waals surface area contributed by atoms with E-state index in [9.17, 15) is 18.0 Å². The molecule has 0 saturated carbocycles. The molecule has 1 saturated heterocycles. The second kappa shape index (κ2) is 10.1. The quantitative estimate of drug-likeness (QED) is 0.590. The summed E-state index contributed by atoms with van der Waals surface area (Å²) >= 11 is 0. The lowest BCUT2D eigenvalue weighted by Gasteiger charge is -2.34. The maximum atomic E-state index is 12.9. The van der Waals surface area contributed by atoms with Crippen LogP contribution in [0, 0.1) is 5.92 Å². The van der Waals surface area contributed by atoms with Gasteiger partial charge in [0.15, 0.2) is 0 Å². The Morgan fingerprint density at radius 3 is 2.24 bits per heavy atom. The predicted octanol–water partition coefficient (Wildman–Crippen LogP) is 1.90. The summed E-state index contributed by atoms with van der Waals surface area (Å²) in [4.78, 5) is 26.4. The van der Waals surface area contributed by atoms with E-state index in [0.717, 1.165) is 0 Å². The standard InChI is InChI=1S/C20H30N2O6S/c1-5-28-19(23)14-22(15(2)3)20(24)16-10-12-21(13-11-16)29(25,26)18-8-6-17(27-4)7-9-18/h6-9,15-16H,5,10-14H2,1-4H3. The van der Waals surface area contributed by atoms with Crippen molar-refractivity contribution in [3.8, 4) is 5.75 Å². The zero-order valence-corrected chi connectivity index (χ0v) is 18.3. The third-order valence-corrected chi connectivity index (χ3v) is 6.92. The van der Waals surface area contributed by atoms with E-state index in [-0.39, 0.29) is 49.0 Å². The fourth-order valence-corrected chi connectivity index (χ4v) is 4.80. The zero-order chi connectivity index (χ0) is 21.6. The molecule has 0 spiro atoms. The fourth-order valence-electron chi connectivity index (χ4n) is 3.34. The van der Waals surface area contributed by atoms with Gasteiger partial charge in [-0.3, -0.25) is 9.59 Å². The summed E-state index contributed by atoms with van der Waals surface area (Å²) in [7, 11) is -2.10. The highest BCUT2D eigenvalue weighted by molar-refractivity contribution is 7.89. The number of sulfonamides is 1. The minimum atomic E-state index is -3.62. The van der Waals surface area contributed by atoms with Gasteiger partial charge in [0, 0.05) is 25.0 Å². The number of nitrogens with zero attached hydrogens (tertiary/aromatic N) is 2. The Labute approximate surface area is 172 Å². The minimum Gasteiger partial charge on any atom is -0.497 e. The number of carbonyl (C=O) groups is 2. The highest BCUT2D eigenvalue weighted by atomic mass is 32.2. The number of methoxy groups -OCH3 is 1. The molecule has 0 atom stereocenters. The molecule has 0 unspecified atom stereocenters. The summed E-state index contributed by atoms with van der Waals surface area (Å²) in [6.07, 6.45) is 0.834. The van der Waals surface area contributed by atoms with E-state index in [1.807, 2.05) is 13.8 Å². The van der Waals surface area contributed by atoms with Gasteiger partial charge in [-0.1, -0.05) is 0 Å². The van der Waals surface area contributed by atoms with Crippen LogP contribution in [0.4, 0.5) is 0 Å². The van der Waals surface area contributed by atoms with Crippen molar-refractivity contribution in [2.75, 3.05) is 33.4 Å². The molecule has 9 heteroatoms. The normalized spacial score (nSPS) is 15.9. The number of carbonyl (C=O) groups excluding carboxylic acids is 2. The first-order valence-electron chi connectivity index (χ1n) is 9.81. The van der Waals surface area contributed by atoms with E-state index in [0.29, 0.717) is 18.6 Å². The lowest BCUT2D eigenvalue weighted by Crippen LogP contribution is -2.48. The van der Waals surface area contributed by atoms with Crippen molar-refractivity contribution in [1.29, 1.82) is 0 Å². The molecule has 1 aromatic rings. The van der Waals surface area contributed by atoms with Crippen LogP contribution in [0.25, 0.3) is 0 Å². The van der Waals surface area contributed by atoms with Gasteiger partial charge in [0.05, 0.1) is 18.6 Å². The van der Waals surface area contributed by atoms with Crippen LogP contribution < -0.4 is 4.74 Å². The number of piperidine rings is 1. The highest BCUT2D eigenvalue weighted by Crippen LogP contribution is 2.26. The number of esters is 1. The van der Waals surface area contributed by atoms with E-state index in [1.54, 1.807) is 19.1 Å². The number of benzene rings is 1. The van der Waals surface area contributed by atoms with Gasteiger partial charge in [-0.05, 0) is 57.9 Å². The zero-order valence-electron chi connectivity index (χ0n) is 17.5. The van der Waals surface area contributed by atoms with Gasteiger partial charge in [-0.15, -0.1) is 0 Å². The number of hydrogen-bond acceptors (Lipinski definition) is 6. The molecule has 0 N–H and O–H groups in total. The highest BCUT2D eigenvalue weighted by Gasteiger charge is 2.35. The van der Waals surface area contributed by atoms with Crippen LogP contribution in [0.3, 0.4) is 0 Å². The molecule has 1 aromatic carbocycles. The van der Waals surface area contributed by atoms with Gasteiger partial charge < -0.3 is 14.4 Å².